The van der Waals surface area contributed by atoms with Gasteiger partial charge in [0.2, 0.25) is 0 Å². The first kappa shape index (κ1) is 15.6. The van der Waals surface area contributed by atoms with E-state index in [2.05, 4.69) is 5.32 Å². The molecule has 0 saturated carbocycles. The monoisotopic (exact) mass is 304 g/mol. The van der Waals surface area contributed by atoms with Gasteiger partial charge < -0.3 is 15.3 Å². The molecule has 0 atom stereocenters. The Balaban J connectivity index is 2.83. The summed E-state index contributed by atoms with van der Waals surface area (Å²) in [6, 6.07) is 3.84. The van der Waals surface area contributed by atoms with Crippen LogP contribution in [0.5, 0.6) is 0 Å². The highest BCUT2D eigenvalue weighted by atomic mass is 35.5. The molecule has 0 heterocycles. The third kappa shape index (κ3) is 4.96. The Morgan fingerprint density at radius 2 is 1.79 bits per heavy atom. The normalized spacial score (nSPS) is 10.4. The summed E-state index contributed by atoms with van der Waals surface area (Å²) in [6.07, 6.45) is 0. The van der Waals surface area contributed by atoms with Gasteiger partial charge in [0.15, 0.2) is 0 Å². The Morgan fingerprint density at radius 1 is 1.26 bits per heavy atom. The van der Waals surface area contributed by atoms with Crippen molar-refractivity contribution in [2.45, 2.75) is 19.9 Å². The summed E-state index contributed by atoms with van der Waals surface area (Å²) in [5.41, 5.74) is 0.415. The maximum Gasteiger partial charge on any atom is 0.323 e. The van der Waals surface area contributed by atoms with Gasteiger partial charge >= 0.3 is 12.0 Å². The van der Waals surface area contributed by atoms with Crippen molar-refractivity contribution < 1.29 is 14.7 Å². The number of aliphatic carboxylic acids is 1. The first-order chi connectivity index (χ1) is 8.79. The van der Waals surface area contributed by atoms with E-state index in [4.69, 9.17) is 28.3 Å². The number of urea groups is 1. The maximum atomic E-state index is 12.0. The van der Waals surface area contributed by atoms with Gasteiger partial charge in [-0.05, 0) is 32.0 Å². The number of carbonyl (C=O) groups excluding carboxylic acids is 1. The maximum absolute atomic E-state index is 12.0. The minimum atomic E-state index is -1.08. The Kier molecular flexibility index (Phi) is 5.44. The molecule has 2 amide bonds. The van der Waals surface area contributed by atoms with Gasteiger partial charge in [0.1, 0.15) is 6.54 Å². The summed E-state index contributed by atoms with van der Waals surface area (Å²) in [7, 11) is 0. The molecule has 7 heteroatoms. The second kappa shape index (κ2) is 6.63. The van der Waals surface area contributed by atoms with Gasteiger partial charge in [-0.3, -0.25) is 4.79 Å². The number of anilines is 1. The number of amides is 2. The SMILES string of the molecule is CC(C)N(CC(=O)O)C(=O)Nc1cc(Cl)cc(Cl)c1. The van der Waals surface area contributed by atoms with Crippen molar-refractivity contribution in [3.05, 3.63) is 28.2 Å². The molecule has 0 aliphatic heterocycles. The number of rotatable bonds is 4. The molecule has 0 radical (unpaired) electrons. The quantitative estimate of drug-likeness (QED) is 0.896. The molecule has 0 bridgehead atoms. The van der Waals surface area contributed by atoms with E-state index in [0.29, 0.717) is 15.7 Å². The van der Waals surface area contributed by atoms with Gasteiger partial charge in [-0.25, -0.2) is 4.79 Å². The van der Waals surface area contributed by atoms with E-state index in [1.165, 1.54) is 23.1 Å². The van der Waals surface area contributed by atoms with E-state index in [1.807, 2.05) is 0 Å². The van der Waals surface area contributed by atoms with Gasteiger partial charge in [0.05, 0.1) is 0 Å². The highest BCUT2D eigenvalue weighted by Gasteiger charge is 2.20. The van der Waals surface area contributed by atoms with Gasteiger partial charge in [-0.1, -0.05) is 23.2 Å². The molecule has 0 fully saturated rings. The lowest BCUT2D eigenvalue weighted by Crippen LogP contribution is -2.43. The average molecular weight is 305 g/mol. The lowest BCUT2D eigenvalue weighted by atomic mass is 10.3. The molecule has 0 aromatic heterocycles. The lowest BCUT2D eigenvalue weighted by Gasteiger charge is -2.25. The number of carbonyl (C=O) groups is 2. The first-order valence-electron chi connectivity index (χ1n) is 5.55. The molecule has 2 N–H and O–H groups in total. The molecular weight excluding hydrogens is 291 g/mol. The fraction of sp³-hybridized carbons (Fsp3) is 0.333. The largest absolute Gasteiger partial charge is 0.480 e. The zero-order valence-electron chi connectivity index (χ0n) is 10.5. The summed E-state index contributed by atoms with van der Waals surface area (Å²) in [4.78, 5) is 23.9. The molecule has 104 valence electrons. The first-order valence-corrected chi connectivity index (χ1v) is 6.30. The van der Waals surface area contributed by atoms with Gasteiger partial charge in [0.25, 0.3) is 0 Å². The fourth-order valence-electron chi connectivity index (χ4n) is 1.46. The zero-order valence-corrected chi connectivity index (χ0v) is 12.0. The molecule has 1 aromatic carbocycles. The number of nitrogens with zero attached hydrogens (tertiary/aromatic N) is 1. The summed E-state index contributed by atoms with van der Waals surface area (Å²) < 4.78 is 0. The molecule has 1 aromatic rings. The highest BCUT2D eigenvalue weighted by molar-refractivity contribution is 6.35. The molecule has 0 aliphatic rings. The van der Waals surface area contributed by atoms with Gasteiger partial charge in [0, 0.05) is 21.8 Å². The van der Waals surface area contributed by atoms with E-state index in [1.54, 1.807) is 13.8 Å². The van der Waals surface area contributed by atoms with E-state index in [0.717, 1.165) is 0 Å². The van der Waals surface area contributed by atoms with Crippen LogP contribution in [0.1, 0.15) is 13.8 Å². The minimum Gasteiger partial charge on any atom is -0.480 e. The minimum absolute atomic E-state index is 0.245. The molecule has 0 unspecified atom stereocenters. The number of halogens is 2. The van der Waals surface area contributed by atoms with Crippen LogP contribution in [-0.2, 0) is 4.79 Å². The van der Waals surface area contributed by atoms with E-state index < -0.39 is 12.0 Å². The van der Waals surface area contributed by atoms with Crippen LogP contribution >= 0.6 is 23.2 Å². The molecule has 0 saturated heterocycles. The van der Waals surface area contributed by atoms with Crippen LogP contribution in [-0.4, -0.2) is 34.6 Å². The van der Waals surface area contributed by atoms with Crippen LogP contribution in [0.25, 0.3) is 0 Å². The van der Waals surface area contributed by atoms with Crippen LogP contribution in [0.4, 0.5) is 10.5 Å². The van der Waals surface area contributed by atoms with Crippen LogP contribution in [0, 0.1) is 0 Å². The summed E-state index contributed by atoms with van der Waals surface area (Å²) in [6.45, 7) is 3.08. The second-order valence-electron chi connectivity index (χ2n) is 4.20. The van der Waals surface area contributed by atoms with E-state index in [9.17, 15) is 9.59 Å². The van der Waals surface area contributed by atoms with Crippen molar-refractivity contribution in [1.29, 1.82) is 0 Å². The summed E-state index contributed by atoms with van der Waals surface area (Å²) in [5, 5.41) is 12.1. The molecule has 1 rings (SSSR count). The van der Waals surface area contributed by atoms with E-state index in [-0.39, 0.29) is 12.6 Å². The number of nitrogens with one attached hydrogen (secondary N) is 1. The predicted molar refractivity (Wildman–Crippen MR) is 75.0 cm³/mol. The number of hydrogen-bond acceptors (Lipinski definition) is 2. The van der Waals surface area contributed by atoms with Crippen LogP contribution in [0.3, 0.4) is 0 Å². The summed E-state index contributed by atoms with van der Waals surface area (Å²) >= 11 is 11.6. The number of hydrogen-bond donors (Lipinski definition) is 2. The Morgan fingerprint density at radius 3 is 2.21 bits per heavy atom. The molecule has 0 spiro atoms. The van der Waals surface area contributed by atoms with Crippen LogP contribution in [0.15, 0.2) is 18.2 Å². The number of carboxylic acid groups (broad SMARTS) is 1. The smallest absolute Gasteiger partial charge is 0.323 e. The second-order valence-corrected chi connectivity index (χ2v) is 5.08. The van der Waals surface area contributed by atoms with Crippen molar-refractivity contribution in [3.63, 3.8) is 0 Å². The molecular formula is C12H14Cl2N2O3. The Hall–Kier alpha value is -1.46. The molecule has 5 nitrogen and oxygen atoms in total. The van der Waals surface area contributed by atoms with Crippen molar-refractivity contribution in [2.75, 3.05) is 11.9 Å². The molecule has 19 heavy (non-hydrogen) atoms. The third-order valence-corrected chi connectivity index (χ3v) is 2.74. The zero-order chi connectivity index (χ0) is 14.6. The number of benzene rings is 1. The Bertz CT molecular complexity index is 472. The van der Waals surface area contributed by atoms with Gasteiger partial charge in [-0.2, -0.15) is 0 Å². The van der Waals surface area contributed by atoms with Crippen molar-refractivity contribution in [1.82, 2.24) is 4.90 Å². The standard InChI is InChI=1S/C12H14Cl2N2O3/c1-7(2)16(6-11(17)18)12(19)15-10-4-8(13)3-9(14)5-10/h3-5,7H,6H2,1-2H3,(H,15,19)(H,17,18). The molecule has 0 aliphatic carbocycles. The van der Waals surface area contributed by atoms with E-state index >= 15 is 0 Å². The van der Waals surface area contributed by atoms with Crippen LogP contribution < -0.4 is 5.32 Å². The van der Waals surface area contributed by atoms with Crippen molar-refractivity contribution in [3.8, 4) is 0 Å². The number of carboxylic acids is 1. The predicted octanol–water partition coefficient (Wildman–Crippen LogP) is 3.32. The van der Waals surface area contributed by atoms with Crippen molar-refractivity contribution >= 4 is 40.9 Å². The van der Waals surface area contributed by atoms with Gasteiger partial charge in [-0.15, -0.1) is 0 Å². The highest BCUT2D eigenvalue weighted by Crippen LogP contribution is 2.22. The summed E-state index contributed by atoms with van der Waals surface area (Å²) in [5.74, 6) is -1.08. The van der Waals surface area contributed by atoms with Crippen LogP contribution in [0.2, 0.25) is 10.0 Å². The third-order valence-electron chi connectivity index (χ3n) is 2.30. The average Bonchev–Trinajstić information content (AvgIpc) is 2.23. The lowest BCUT2D eigenvalue weighted by molar-refractivity contribution is -0.137. The topological polar surface area (TPSA) is 69.6 Å². The fourth-order valence-corrected chi connectivity index (χ4v) is 1.98. The Labute approximate surface area is 121 Å². The van der Waals surface area contributed by atoms with Crippen molar-refractivity contribution in [2.24, 2.45) is 0 Å².